The second-order valence-electron chi connectivity index (χ2n) is 7.33. The summed E-state index contributed by atoms with van der Waals surface area (Å²) in [6.45, 7) is 5.13. The summed E-state index contributed by atoms with van der Waals surface area (Å²) in [4.78, 5) is 29.2. The molecule has 4 rings (SSSR count). The summed E-state index contributed by atoms with van der Waals surface area (Å²) in [6, 6.07) is 5.66. The molecule has 8 nitrogen and oxygen atoms in total. The van der Waals surface area contributed by atoms with E-state index in [2.05, 4.69) is 34.3 Å². The monoisotopic (exact) mass is 410 g/mol. The molecular formula is C20H22N6O2S. The maximum atomic E-state index is 12.9. The number of fused-ring (bicyclic) bond motifs is 3. The van der Waals surface area contributed by atoms with E-state index >= 15 is 0 Å². The van der Waals surface area contributed by atoms with Gasteiger partial charge in [0.1, 0.15) is 10.5 Å². The smallest absolute Gasteiger partial charge is 0.272 e. The predicted octanol–water partition coefficient (Wildman–Crippen LogP) is 2.41. The fraction of sp³-hybridized carbons (Fsp3) is 0.350. The van der Waals surface area contributed by atoms with Crippen molar-refractivity contribution in [2.75, 3.05) is 0 Å². The Kier molecular flexibility index (Phi) is 5.39. The second-order valence-corrected chi connectivity index (χ2v) is 8.25. The summed E-state index contributed by atoms with van der Waals surface area (Å²) >= 11 is 1.42. The Hall–Kier alpha value is -3.07. The molecule has 0 saturated carbocycles. The van der Waals surface area contributed by atoms with Crippen LogP contribution in [0.5, 0.6) is 0 Å². The number of pyridine rings is 1. The van der Waals surface area contributed by atoms with E-state index in [0.717, 1.165) is 11.1 Å². The zero-order valence-electron chi connectivity index (χ0n) is 16.3. The van der Waals surface area contributed by atoms with E-state index in [1.54, 1.807) is 17.0 Å². The minimum atomic E-state index is -0.0670. The van der Waals surface area contributed by atoms with E-state index in [1.165, 1.54) is 11.3 Å². The molecule has 0 unspecified atom stereocenters. The van der Waals surface area contributed by atoms with Crippen molar-refractivity contribution in [2.24, 2.45) is 5.92 Å². The van der Waals surface area contributed by atoms with Gasteiger partial charge >= 0.3 is 0 Å². The Morgan fingerprint density at radius 1 is 1.28 bits per heavy atom. The SMILES string of the molecule is CC(C)Cn1c(=O)c2sccc2n2c(CCC(=O)NCc3cccnc3)nnc12. The standard InChI is InChI=1S/C20H22N6O2S/c1-13(2)12-25-19(28)18-15(7-9-29-18)26-16(23-24-20(25)26)5-6-17(27)22-11-14-4-3-8-21-10-14/h3-4,7-10,13H,5-6,11-12H2,1-2H3,(H,22,27). The Morgan fingerprint density at radius 2 is 2.14 bits per heavy atom. The van der Waals surface area contributed by atoms with Crippen molar-refractivity contribution < 1.29 is 4.79 Å². The van der Waals surface area contributed by atoms with Gasteiger partial charge in [0.25, 0.3) is 5.56 Å². The van der Waals surface area contributed by atoms with Crippen LogP contribution in [0.3, 0.4) is 0 Å². The molecule has 0 aliphatic heterocycles. The van der Waals surface area contributed by atoms with Crippen LogP contribution in [-0.4, -0.2) is 30.1 Å². The molecule has 0 aliphatic rings. The van der Waals surface area contributed by atoms with E-state index in [1.807, 2.05) is 28.0 Å². The molecule has 9 heteroatoms. The van der Waals surface area contributed by atoms with Crippen LogP contribution in [-0.2, 0) is 24.3 Å². The van der Waals surface area contributed by atoms with Crippen LogP contribution in [0.25, 0.3) is 16.0 Å². The Labute approximate surface area is 171 Å². The van der Waals surface area contributed by atoms with Gasteiger partial charge in [0.2, 0.25) is 11.7 Å². The second kappa shape index (κ2) is 8.12. The van der Waals surface area contributed by atoms with Gasteiger partial charge in [-0.05, 0) is 29.0 Å². The third-order valence-electron chi connectivity index (χ3n) is 4.62. The number of amides is 1. The summed E-state index contributed by atoms with van der Waals surface area (Å²) in [5.41, 5.74) is 1.71. The maximum Gasteiger partial charge on any atom is 0.272 e. The van der Waals surface area contributed by atoms with Gasteiger partial charge in [-0.2, -0.15) is 0 Å². The molecule has 4 aromatic rings. The van der Waals surface area contributed by atoms with Crippen molar-refractivity contribution in [3.8, 4) is 0 Å². The van der Waals surface area contributed by atoms with Crippen molar-refractivity contribution >= 4 is 33.2 Å². The molecule has 29 heavy (non-hydrogen) atoms. The molecule has 0 atom stereocenters. The van der Waals surface area contributed by atoms with Crippen LogP contribution < -0.4 is 10.9 Å². The molecule has 0 spiro atoms. The van der Waals surface area contributed by atoms with Crippen LogP contribution in [0.4, 0.5) is 0 Å². The maximum absolute atomic E-state index is 12.9. The van der Waals surface area contributed by atoms with E-state index in [0.29, 0.717) is 41.7 Å². The Bertz CT molecular complexity index is 1210. The van der Waals surface area contributed by atoms with Gasteiger partial charge in [0.05, 0.1) is 5.52 Å². The van der Waals surface area contributed by atoms with Crippen LogP contribution in [0.1, 0.15) is 31.7 Å². The molecule has 150 valence electrons. The molecule has 0 fully saturated rings. The molecule has 0 radical (unpaired) electrons. The highest BCUT2D eigenvalue weighted by atomic mass is 32.1. The minimum Gasteiger partial charge on any atom is -0.352 e. The van der Waals surface area contributed by atoms with Crippen LogP contribution in [0.2, 0.25) is 0 Å². The van der Waals surface area contributed by atoms with Crippen LogP contribution in [0, 0.1) is 5.92 Å². The molecule has 1 amide bonds. The summed E-state index contributed by atoms with van der Waals surface area (Å²) < 4.78 is 4.27. The van der Waals surface area contributed by atoms with Gasteiger partial charge in [0, 0.05) is 38.3 Å². The lowest BCUT2D eigenvalue weighted by atomic mass is 10.2. The zero-order chi connectivity index (χ0) is 20.4. The number of hydrogen-bond donors (Lipinski definition) is 1. The van der Waals surface area contributed by atoms with E-state index in [-0.39, 0.29) is 17.9 Å². The average Bonchev–Trinajstić information content (AvgIpc) is 3.35. The molecule has 0 saturated heterocycles. The highest BCUT2D eigenvalue weighted by Gasteiger charge is 2.18. The number of hydrogen-bond acceptors (Lipinski definition) is 6. The normalized spacial score (nSPS) is 11.6. The topological polar surface area (TPSA) is 94.2 Å². The third kappa shape index (κ3) is 3.91. The van der Waals surface area contributed by atoms with Crippen molar-refractivity contribution in [1.82, 2.24) is 29.5 Å². The van der Waals surface area contributed by atoms with Gasteiger partial charge in [-0.25, -0.2) is 0 Å². The summed E-state index contributed by atoms with van der Waals surface area (Å²) in [5.74, 6) is 1.44. The first-order valence-electron chi connectivity index (χ1n) is 9.54. The lowest BCUT2D eigenvalue weighted by molar-refractivity contribution is -0.121. The molecule has 4 heterocycles. The zero-order valence-corrected chi connectivity index (χ0v) is 17.1. The number of nitrogens with one attached hydrogen (secondary N) is 1. The highest BCUT2D eigenvalue weighted by molar-refractivity contribution is 7.17. The largest absolute Gasteiger partial charge is 0.352 e. The van der Waals surface area contributed by atoms with E-state index < -0.39 is 0 Å². The minimum absolute atomic E-state index is 0.0376. The fourth-order valence-electron chi connectivity index (χ4n) is 3.29. The van der Waals surface area contributed by atoms with Crippen molar-refractivity contribution in [1.29, 1.82) is 0 Å². The fourth-order valence-corrected chi connectivity index (χ4v) is 4.11. The number of aryl methyl sites for hydroxylation is 1. The van der Waals surface area contributed by atoms with Gasteiger partial charge in [-0.15, -0.1) is 21.5 Å². The first-order chi connectivity index (χ1) is 14.0. The quantitative estimate of drug-likeness (QED) is 0.505. The number of thiophene rings is 1. The molecule has 0 aromatic carbocycles. The summed E-state index contributed by atoms with van der Waals surface area (Å²) in [6.07, 6.45) is 4.15. The van der Waals surface area contributed by atoms with Gasteiger partial charge < -0.3 is 5.32 Å². The lowest BCUT2D eigenvalue weighted by Crippen LogP contribution is -2.25. The Morgan fingerprint density at radius 3 is 2.90 bits per heavy atom. The number of carbonyl (C=O) groups is 1. The van der Waals surface area contributed by atoms with Crippen LogP contribution >= 0.6 is 11.3 Å². The predicted molar refractivity (Wildman–Crippen MR) is 112 cm³/mol. The van der Waals surface area contributed by atoms with Crippen molar-refractivity contribution in [3.05, 3.63) is 57.7 Å². The number of aromatic nitrogens is 5. The molecule has 4 aromatic heterocycles. The number of rotatable bonds is 7. The third-order valence-corrected chi connectivity index (χ3v) is 5.51. The molecule has 0 bridgehead atoms. The highest BCUT2D eigenvalue weighted by Crippen LogP contribution is 2.20. The average molecular weight is 411 g/mol. The Balaban J connectivity index is 1.57. The number of nitrogens with zero attached hydrogens (tertiary/aromatic N) is 5. The van der Waals surface area contributed by atoms with Crippen LogP contribution in [0.15, 0.2) is 40.8 Å². The molecule has 0 aliphatic carbocycles. The first-order valence-corrected chi connectivity index (χ1v) is 10.4. The summed E-state index contributed by atoms with van der Waals surface area (Å²) in [5, 5.41) is 13.4. The van der Waals surface area contributed by atoms with Crippen molar-refractivity contribution in [3.63, 3.8) is 0 Å². The van der Waals surface area contributed by atoms with Gasteiger partial charge in [-0.1, -0.05) is 19.9 Å². The van der Waals surface area contributed by atoms with Gasteiger partial charge in [0.15, 0.2) is 0 Å². The molecule has 1 N–H and O–H groups in total. The summed E-state index contributed by atoms with van der Waals surface area (Å²) in [7, 11) is 0. The van der Waals surface area contributed by atoms with Crippen molar-refractivity contribution in [2.45, 2.75) is 39.8 Å². The van der Waals surface area contributed by atoms with E-state index in [4.69, 9.17) is 0 Å². The van der Waals surface area contributed by atoms with Gasteiger partial charge in [-0.3, -0.25) is 23.5 Å². The number of carbonyl (C=O) groups excluding carboxylic acids is 1. The molecular weight excluding hydrogens is 388 g/mol. The van der Waals surface area contributed by atoms with E-state index in [9.17, 15) is 9.59 Å². The lowest BCUT2D eigenvalue weighted by Gasteiger charge is -2.11. The first kappa shape index (κ1) is 19.3.